The SMILES string of the molecule is O=[S+]c1[c]cc(Cl)cc1. The third-order valence-electron chi connectivity index (χ3n) is 0.836. The molecule has 0 N–H and O–H groups in total. The van der Waals surface area contributed by atoms with Crippen molar-refractivity contribution in [2.45, 2.75) is 4.90 Å². The van der Waals surface area contributed by atoms with Crippen LogP contribution in [0.5, 0.6) is 0 Å². The van der Waals surface area contributed by atoms with E-state index < -0.39 is 0 Å². The molecule has 0 bridgehead atoms. The maximum Gasteiger partial charge on any atom is 0.505 e. The predicted octanol–water partition coefficient (Wildman–Crippen LogP) is 1.93. The van der Waals surface area contributed by atoms with Gasteiger partial charge in [0.2, 0.25) is 0 Å². The third kappa shape index (κ3) is 1.73. The van der Waals surface area contributed by atoms with E-state index in [9.17, 15) is 4.21 Å². The Hall–Kier alpha value is -0.470. The maximum absolute atomic E-state index is 10.1. The van der Waals surface area contributed by atoms with Crippen LogP contribution in [0.15, 0.2) is 23.1 Å². The van der Waals surface area contributed by atoms with Crippen LogP contribution in [0.1, 0.15) is 0 Å². The van der Waals surface area contributed by atoms with Gasteiger partial charge in [-0.05, 0) is 12.1 Å². The molecule has 0 saturated heterocycles. The largest absolute Gasteiger partial charge is 0.505 e. The Balaban J connectivity index is 3.01. The zero-order valence-corrected chi connectivity index (χ0v) is 6.00. The molecule has 0 atom stereocenters. The van der Waals surface area contributed by atoms with E-state index in [1.807, 2.05) is 0 Å². The first-order valence-electron chi connectivity index (χ1n) is 2.30. The van der Waals surface area contributed by atoms with Crippen LogP contribution >= 0.6 is 11.6 Å². The molecule has 1 aromatic carbocycles. The Labute approximate surface area is 62.1 Å². The second-order valence-electron chi connectivity index (χ2n) is 1.45. The molecule has 0 heterocycles. The van der Waals surface area contributed by atoms with Crippen molar-refractivity contribution >= 4 is 23.3 Å². The highest BCUT2D eigenvalue weighted by molar-refractivity contribution is 7.65. The first-order valence-corrected chi connectivity index (χ1v) is 3.42. The second-order valence-corrected chi connectivity index (χ2v) is 2.50. The van der Waals surface area contributed by atoms with Crippen molar-refractivity contribution in [3.8, 4) is 0 Å². The van der Waals surface area contributed by atoms with E-state index >= 15 is 0 Å². The van der Waals surface area contributed by atoms with Crippen molar-refractivity contribution < 1.29 is 4.21 Å². The van der Waals surface area contributed by atoms with Gasteiger partial charge >= 0.3 is 11.7 Å². The molecule has 9 heavy (non-hydrogen) atoms. The molecular weight excluding hydrogens is 156 g/mol. The Kier molecular flexibility index (Phi) is 2.14. The summed E-state index contributed by atoms with van der Waals surface area (Å²) >= 11 is 5.94. The van der Waals surface area contributed by atoms with Crippen molar-refractivity contribution in [1.29, 1.82) is 0 Å². The smallest absolute Gasteiger partial charge is 0.0843 e. The van der Waals surface area contributed by atoms with E-state index in [1.165, 1.54) is 0 Å². The zero-order valence-electron chi connectivity index (χ0n) is 4.43. The van der Waals surface area contributed by atoms with Crippen molar-refractivity contribution in [2.75, 3.05) is 0 Å². The van der Waals surface area contributed by atoms with Gasteiger partial charge in [-0.15, -0.1) is 0 Å². The van der Waals surface area contributed by atoms with E-state index in [2.05, 4.69) is 6.07 Å². The van der Waals surface area contributed by atoms with E-state index in [-0.39, 0.29) is 0 Å². The molecule has 0 spiro atoms. The lowest BCUT2D eigenvalue weighted by atomic mass is 10.4. The zero-order chi connectivity index (χ0) is 6.69. The van der Waals surface area contributed by atoms with Gasteiger partial charge in [-0.25, -0.2) is 0 Å². The lowest BCUT2D eigenvalue weighted by molar-refractivity contribution is 0.605. The van der Waals surface area contributed by atoms with Crippen molar-refractivity contribution in [2.24, 2.45) is 0 Å². The fraction of sp³-hybridized carbons (Fsp3) is 0. The Morgan fingerprint density at radius 2 is 2.33 bits per heavy atom. The maximum atomic E-state index is 10.1. The summed E-state index contributed by atoms with van der Waals surface area (Å²) in [7, 11) is 0. The topological polar surface area (TPSA) is 17.1 Å². The van der Waals surface area contributed by atoms with Gasteiger partial charge in [0.1, 0.15) is 0 Å². The van der Waals surface area contributed by atoms with Gasteiger partial charge in [-0.3, -0.25) is 0 Å². The van der Waals surface area contributed by atoms with Crippen LogP contribution in [0.4, 0.5) is 0 Å². The predicted molar refractivity (Wildman–Crippen MR) is 36.6 cm³/mol. The van der Waals surface area contributed by atoms with E-state index in [0.29, 0.717) is 21.6 Å². The minimum Gasteiger partial charge on any atom is -0.0843 e. The van der Waals surface area contributed by atoms with Gasteiger partial charge < -0.3 is 0 Å². The van der Waals surface area contributed by atoms with Crippen LogP contribution in [0.25, 0.3) is 0 Å². The molecule has 0 saturated carbocycles. The van der Waals surface area contributed by atoms with Crippen molar-refractivity contribution in [1.82, 2.24) is 0 Å². The summed E-state index contributed by atoms with van der Waals surface area (Å²) in [6.07, 6.45) is 0. The molecule has 1 nitrogen and oxygen atoms in total. The fourth-order valence-corrected chi connectivity index (χ4v) is 0.792. The summed E-state index contributed by atoms with van der Waals surface area (Å²) in [6, 6.07) is 7.58. The molecule has 0 aliphatic carbocycles. The first kappa shape index (κ1) is 6.65. The fourth-order valence-electron chi connectivity index (χ4n) is 0.443. The summed E-state index contributed by atoms with van der Waals surface area (Å²) in [5, 5.41) is 0.604. The van der Waals surface area contributed by atoms with Crippen LogP contribution in [-0.4, -0.2) is 0 Å². The van der Waals surface area contributed by atoms with Crippen LogP contribution < -0.4 is 0 Å². The average molecular weight is 159 g/mol. The Morgan fingerprint density at radius 1 is 1.56 bits per heavy atom. The molecule has 0 fully saturated rings. The summed E-state index contributed by atoms with van der Waals surface area (Å²) in [5.74, 6) is 0. The van der Waals surface area contributed by atoms with E-state index in [4.69, 9.17) is 11.6 Å². The monoisotopic (exact) mass is 158 g/mol. The summed E-state index contributed by atoms with van der Waals surface area (Å²) in [4.78, 5) is 0.569. The van der Waals surface area contributed by atoms with E-state index in [0.717, 1.165) is 0 Å². The highest BCUT2D eigenvalue weighted by atomic mass is 35.5. The highest BCUT2D eigenvalue weighted by Gasteiger charge is 2.03. The van der Waals surface area contributed by atoms with Crippen molar-refractivity contribution in [3.05, 3.63) is 29.3 Å². The second kappa shape index (κ2) is 2.90. The molecule has 1 rings (SSSR count). The van der Waals surface area contributed by atoms with Crippen LogP contribution in [-0.2, 0) is 15.9 Å². The molecule has 1 aromatic rings. The molecule has 1 radical (unpaired) electrons. The molecule has 0 aliphatic rings. The molecule has 0 aromatic heterocycles. The van der Waals surface area contributed by atoms with Crippen LogP contribution in [0.2, 0.25) is 5.02 Å². The standard InChI is InChI=1S/C6H3ClOS/c7-5-1-3-6(9-8)4-2-5/h1-3H/q+1. The van der Waals surface area contributed by atoms with Gasteiger partial charge in [0.25, 0.3) is 4.90 Å². The third-order valence-corrected chi connectivity index (χ3v) is 1.50. The van der Waals surface area contributed by atoms with Crippen LogP contribution in [0.3, 0.4) is 0 Å². The van der Waals surface area contributed by atoms with Crippen LogP contribution in [0, 0.1) is 6.07 Å². The first-order chi connectivity index (χ1) is 4.33. The average Bonchev–Trinajstić information content (AvgIpc) is 1.90. The molecule has 0 unspecified atom stereocenters. The van der Waals surface area contributed by atoms with Gasteiger partial charge in [0.05, 0.1) is 6.07 Å². The molecule has 0 amide bonds. The Morgan fingerprint density at radius 3 is 2.78 bits per heavy atom. The van der Waals surface area contributed by atoms with Gasteiger partial charge in [0, 0.05) is 15.3 Å². The number of hydrogen-bond donors (Lipinski definition) is 0. The number of halogens is 1. The molecule has 45 valence electrons. The quantitative estimate of drug-likeness (QED) is 0.571. The normalized spacial score (nSPS) is 9.00. The van der Waals surface area contributed by atoms with E-state index in [1.54, 1.807) is 18.2 Å². The van der Waals surface area contributed by atoms with Gasteiger partial charge in [-0.1, -0.05) is 11.6 Å². The Bertz CT molecular complexity index is 207. The number of rotatable bonds is 1. The summed E-state index contributed by atoms with van der Waals surface area (Å²) in [5.41, 5.74) is 0. The molecule has 0 aliphatic heterocycles. The lowest BCUT2D eigenvalue weighted by Crippen LogP contribution is -1.70. The summed E-state index contributed by atoms with van der Waals surface area (Å²) < 4.78 is 10.1. The molecule has 3 heteroatoms. The van der Waals surface area contributed by atoms with Gasteiger partial charge in [-0.2, -0.15) is 0 Å². The number of hydrogen-bond acceptors (Lipinski definition) is 1. The minimum absolute atomic E-state index is 0.413. The number of benzene rings is 1. The van der Waals surface area contributed by atoms with Gasteiger partial charge in [0.15, 0.2) is 0 Å². The highest BCUT2D eigenvalue weighted by Crippen LogP contribution is 2.07. The summed E-state index contributed by atoms with van der Waals surface area (Å²) in [6.45, 7) is 0. The minimum atomic E-state index is 0.413. The van der Waals surface area contributed by atoms with Crippen molar-refractivity contribution in [3.63, 3.8) is 0 Å². The lowest BCUT2D eigenvalue weighted by Gasteiger charge is -1.79. The molecular formula is C6H3ClOS+.